The van der Waals surface area contributed by atoms with Crippen molar-refractivity contribution in [1.82, 2.24) is 4.58 Å². The number of piperidine rings is 1. The third kappa shape index (κ3) is 1.76. The van der Waals surface area contributed by atoms with Gasteiger partial charge in [-0.1, -0.05) is 0 Å². The van der Waals surface area contributed by atoms with Crippen molar-refractivity contribution in [3.05, 3.63) is 12.0 Å². The molecule has 76 valence electrons. The molecule has 1 aliphatic heterocycles. The van der Waals surface area contributed by atoms with E-state index >= 15 is 0 Å². The van der Waals surface area contributed by atoms with Crippen LogP contribution in [0.25, 0.3) is 0 Å². The molecule has 1 fully saturated rings. The standard InChI is InChI=1S/C11H16NSe2/c1-2-7-12(8-3-1)11-13-9-5-4-6-10(9)14-11/h1-8H2/q+1. The van der Waals surface area contributed by atoms with E-state index in [1.165, 1.54) is 51.6 Å². The zero-order valence-electron chi connectivity index (χ0n) is 8.42. The van der Waals surface area contributed by atoms with E-state index < -0.39 is 0 Å². The number of fused-ring (bicyclic) bond motifs is 1. The Morgan fingerprint density at radius 1 is 0.786 bits per heavy atom. The minimum atomic E-state index is 0.795. The number of rotatable bonds is 0. The Bertz CT molecular complexity index is 367. The summed E-state index contributed by atoms with van der Waals surface area (Å²) in [6.45, 7) is 2.75. The molecule has 0 radical (unpaired) electrons. The molecule has 0 atom stereocenters. The molecule has 0 N–H and O–H groups in total. The van der Waals surface area contributed by atoms with Crippen LogP contribution in [0.3, 0.4) is 0 Å². The predicted octanol–water partition coefficient (Wildman–Crippen LogP) is 0.245. The third-order valence-electron chi connectivity index (χ3n) is 3.15. The van der Waals surface area contributed by atoms with Crippen LogP contribution in [0.15, 0.2) is 0 Å². The van der Waals surface area contributed by atoms with Crippen molar-refractivity contribution in [1.29, 1.82) is 0 Å². The first-order chi connectivity index (χ1) is 6.93. The molecule has 0 unspecified atom stereocenters. The molecule has 14 heavy (non-hydrogen) atoms. The summed E-state index contributed by atoms with van der Waals surface area (Å²) in [6.07, 6.45) is 8.74. The summed E-state index contributed by atoms with van der Waals surface area (Å²) < 4.78 is 8.42. The second-order valence-corrected chi connectivity index (χ2v) is 10.1. The van der Waals surface area contributed by atoms with E-state index in [0.717, 1.165) is 29.0 Å². The van der Waals surface area contributed by atoms with Gasteiger partial charge >= 0.3 is 97.2 Å². The Kier molecular flexibility index (Phi) is 2.85. The molecule has 3 heteroatoms. The van der Waals surface area contributed by atoms with Gasteiger partial charge in [-0.15, -0.1) is 0 Å². The van der Waals surface area contributed by atoms with Crippen molar-refractivity contribution in [2.45, 2.75) is 38.5 Å². The van der Waals surface area contributed by atoms with Gasteiger partial charge in [-0.2, -0.15) is 0 Å². The fourth-order valence-electron chi connectivity index (χ4n) is 2.34. The molecular formula is C11H16NSe2+. The van der Waals surface area contributed by atoms with Crippen molar-refractivity contribution >= 4 is 29.0 Å². The topological polar surface area (TPSA) is 3.01 Å². The monoisotopic (exact) mass is 322 g/mol. The van der Waals surface area contributed by atoms with Crippen molar-refractivity contribution in [2.24, 2.45) is 0 Å². The summed E-state index contributed by atoms with van der Waals surface area (Å²) in [5.41, 5.74) is 0. The van der Waals surface area contributed by atoms with Crippen LogP contribution in [-0.4, -0.2) is 42.1 Å². The fraction of sp³-hybridized carbons (Fsp3) is 0.727. The first kappa shape index (κ1) is 9.66. The predicted molar refractivity (Wildman–Crippen MR) is 61.2 cm³/mol. The van der Waals surface area contributed by atoms with Gasteiger partial charge in [0.2, 0.25) is 0 Å². The fourth-order valence-corrected chi connectivity index (χ4v) is 10.1. The molecule has 0 spiro atoms. The van der Waals surface area contributed by atoms with E-state index in [1.54, 1.807) is 0 Å². The molecule has 2 aliphatic rings. The van der Waals surface area contributed by atoms with Gasteiger partial charge in [-0.3, -0.25) is 0 Å². The third-order valence-corrected chi connectivity index (χ3v) is 10.4. The summed E-state index contributed by atoms with van der Waals surface area (Å²) in [6, 6.07) is 0. The van der Waals surface area contributed by atoms with Crippen molar-refractivity contribution in [3.63, 3.8) is 0 Å². The van der Waals surface area contributed by atoms with E-state index in [2.05, 4.69) is 4.58 Å². The quantitative estimate of drug-likeness (QED) is 0.476. The Labute approximate surface area is 97.0 Å². The summed E-state index contributed by atoms with van der Waals surface area (Å²) in [7, 11) is 0. The van der Waals surface area contributed by atoms with Gasteiger partial charge in [-0.25, -0.2) is 0 Å². The summed E-state index contributed by atoms with van der Waals surface area (Å²) in [5, 5.41) is 0. The Hall–Kier alpha value is 0.449. The zero-order chi connectivity index (χ0) is 9.38. The minimum absolute atomic E-state index is 0.795. The van der Waals surface area contributed by atoms with Gasteiger partial charge in [0, 0.05) is 0 Å². The van der Waals surface area contributed by atoms with Crippen molar-refractivity contribution < 1.29 is 0 Å². The molecule has 1 saturated heterocycles. The first-order valence-electron chi connectivity index (χ1n) is 5.63. The number of nitrogens with zero attached hydrogens (tertiary/aromatic N) is 1. The van der Waals surface area contributed by atoms with Crippen molar-refractivity contribution in [3.8, 4) is 0 Å². The average molecular weight is 320 g/mol. The maximum absolute atomic E-state index is 2.74. The van der Waals surface area contributed by atoms with Crippen LogP contribution < -0.4 is 7.68 Å². The SMILES string of the molecule is C1CC[N+](=c2[se]c3c([se]2)CCC3)CC1. The Balaban J connectivity index is 2.02. The van der Waals surface area contributed by atoms with E-state index in [-0.39, 0.29) is 0 Å². The van der Waals surface area contributed by atoms with Crippen LogP contribution >= 0.6 is 0 Å². The zero-order valence-corrected chi connectivity index (χ0v) is 11.8. The van der Waals surface area contributed by atoms with Gasteiger partial charge in [0.1, 0.15) is 0 Å². The normalized spacial score (nSPS) is 21.3. The Morgan fingerprint density at radius 2 is 1.43 bits per heavy atom. The molecule has 0 amide bonds. The summed E-state index contributed by atoms with van der Waals surface area (Å²) in [4.78, 5) is 0. The van der Waals surface area contributed by atoms with Crippen LogP contribution in [0.4, 0.5) is 0 Å². The number of hydrogen-bond acceptors (Lipinski definition) is 0. The van der Waals surface area contributed by atoms with E-state index in [9.17, 15) is 0 Å². The molecule has 1 aliphatic carbocycles. The average Bonchev–Trinajstić information content (AvgIpc) is 2.78. The maximum atomic E-state index is 2.74. The molecule has 1 aromatic heterocycles. The molecule has 0 aromatic carbocycles. The molecule has 0 bridgehead atoms. The Morgan fingerprint density at radius 3 is 2.07 bits per heavy atom. The number of aryl methyl sites for hydroxylation is 2. The van der Waals surface area contributed by atoms with Crippen LogP contribution in [0.1, 0.15) is 34.6 Å². The second kappa shape index (κ2) is 4.14. The van der Waals surface area contributed by atoms with Crippen LogP contribution in [0.2, 0.25) is 0 Å². The van der Waals surface area contributed by atoms with Gasteiger partial charge in [0.15, 0.2) is 0 Å². The van der Waals surface area contributed by atoms with Crippen LogP contribution in [-0.2, 0) is 12.8 Å². The summed E-state index contributed by atoms with van der Waals surface area (Å²) in [5.74, 6) is 0. The molecule has 0 saturated carbocycles. The van der Waals surface area contributed by atoms with E-state index in [4.69, 9.17) is 0 Å². The molecule has 1 nitrogen and oxygen atoms in total. The van der Waals surface area contributed by atoms with Gasteiger partial charge in [-0.05, 0) is 0 Å². The van der Waals surface area contributed by atoms with Crippen LogP contribution in [0, 0.1) is 0 Å². The van der Waals surface area contributed by atoms with Gasteiger partial charge in [0.05, 0.1) is 0 Å². The van der Waals surface area contributed by atoms with E-state index in [0.29, 0.717) is 0 Å². The number of hydrogen-bond donors (Lipinski definition) is 0. The van der Waals surface area contributed by atoms with Crippen molar-refractivity contribution in [2.75, 3.05) is 13.1 Å². The molecule has 2 heterocycles. The first-order valence-corrected chi connectivity index (χ1v) is 9.06. The molecular weight excluding hydrogens is 304 g/mol. The second-order valence-electron chi connectivity index (χ2n) is 4.22. The molecule has 3 rings (SSSR count). The summed E-state index contributed by atoms with van der Waals surface area (Å²) >= 11 is 1.59. The van der Waals surface area contributed by atoms with Gasteiger partial charge < -0.3 is 0 Å². The molecule has 1 aromatic rings. The van der Waals surface area contributed by atoms with Gasteiger partial charge in [0.25, 0.3) is 0 Å². The van der Waals surface area contributed by atoms with Crippen LogP contribution in [0.5, 0.6) is 0 Å². The van der Waals surface area contributed by atoms with E-state index in [1.807, 2.05) is 12.0 Å².